The largest absolute Gasteiger partial charge is 0.384 e. The Labute approximate surface area is 117 Å². The van der Waals surface area contributed by atoms with Crippen molar-refractivity contribution in [3.05, 3.63) is 59.4 Å². The fourth-order valence-corrected chi connectivity index (χ4v) is 1.70. The summed E-state index contributed by atoms with van der Waals surface area (Å²) in [7, 11) is 0. The van der Waals surface area contributed by atoms with Crippen LogP contribution >= 0.6 is 0 Å². The summed E-state index contributed by atoms with van der Waals surface area (Å²) in [5.41, 5.74) is 2.72. The SMILES string of the molecule is Cc1ncccc1C(=O)Nc1ccc(C#CCO)cc1. The maximum atomic E-state index is 12.1. The molecule has 1 aromatic heterocycles. The standard InChI is InChI=1S/C16H14N2O2/c1-12-15(5-2-10-17-12)16(20)18-14-8-6-13(7-9-14)4-3-11-19/h2,5-10,19H,11H2,1H3,(H,18,20). The van der Waals surface area contributed by atoms with E-state index in [4.69, 9.17) is 5.11 Å². The van der Waals surface area contributed by atoms with Gasteiger partial charge in [-0.15, -0.1) is 0 Å². The third-order valence-electron chi connectivity index (χ3n) is 2.71. The summed E-state index contributed by atoms with van der Waals surface area (Å²) in [5, 5.41) is 11.4. The summed E-state index contributed by atoms with van der Waals surface area (Å²) in [6, 6.07) is 10.6. The number of hydrogen-bond donors (Lipinski definition) is 2. The number of rotatable bonds is 2. The van der Waals surface area contributed by atoms with Gasteiger partial charge in [-0.1, -0.05) is 11.8 Å². The van der Waals surface area contributed by atoms with Crippen molar-refractivity contribution in [1.82, 2.24) is 4.98 Å². The van der Waals surface area contributed by atoms with Gasteiger partial charge in [0.15, 0.2) is 0 Å². The number of aliphatic hydroxyl groups is 1. The highest BCUT2D eigenvalue weighted by atomic mass is 16.2. The van der Waals surface area contributed by atoms with Crippen LogP contribution in [0.4, 0.5) is 5.69 Å². The van der Waals surface area contributed by atoms with Gasteiger partial charge in [-0.05, 0) is 43.3 Å². The minimum atomic E-state index is -0.190. The first-order chi connectivity index (χ1) is 9.70. The number of aryl methyl sites for hydroxylation is 1. The van der Waals surface area contributed by atoms with E-state index in [0.717, 1.165) is 5.56 Å². The van der Waals surface area contributed by atoms with Gasteiger partial charge in [-0.3, -0.25) is 9.78 Å². The van der Waals surface area contributed by atoms with E-state index in [-0.39, 0.29) is 12.5 Å². The Bertz CT molecular complexity index is 667. The van der Waals surface area contributed by atoms with Gasteiger partial charge in [0.2, 0.25) is 0 Å². The Morgan fingerprint density at radius 3 is 2.70 bits per heavy atom. The number of hydrogen-bond acceptors (Lipinski definition) is 3. The van der Waals surface area contributed by atoms with Gasteiger partial charge in [0.1, 0.15) is 6.61 Å². The first-order valence-electron chi connectivity index (χ1n) is 6.13. The molecule has 20 heavy (non-hydrogen) atoms. The monoisotopic (exact) mass is 266 g/mol. The van der Waals surface area contributed by atoms with Crippen molar-refractivity contribution in [2.75, 3.05) is 11.9 Å². The Kier molecular flexibility index (Phi) is 4.48. The molecule has 0 fully saturated rings. The number of aromatic nitrogens is 1. The van der Waals surface area contributed by atoms with E-state index in [1.807, 2.05) is 0 Å². The van der Waals surface area contributed by atoms with Crippen LogP contribution in [-0.2, 0) is 0 Å². The minimum absolute atomic E-state index is 0.168. The lowest BCUT2D eigenvalue weighted by Gasteiger charge is -2.06. The van der Waals surface area contributed by atoms with Gasteiger partial charge >= 0.3 is 0 Å². The van der Waals surface area contributed by atoms with E-state index in [1.54, 1.807) is 49.5 Å². The van der Waals surface area contributed by atoms with Gasteiger partial charge in [-0.2, -0.15) is 0 Å². The van der Waals surface area contributed by atoms with Crippen molar-refractivity contribution < 1.29 is 9.90 Å². The molecular formula is C16H14N2O2. The maximum Gasteiger partial charge on any atom is 0.257 e. The normalized spacial score (nSPS) is 9.50. The van der Waals surface area contributed by atoms with Gasteiger partial charge in [0.05, 0.1) is 5.56 Å². The second kappa shape index (κ2) is 6.50. The number of carbonyl (C=O) groups is 1. The molecule has 2 aromatic rings. The molecule has 0 bridgehead atoms. The van der Waals surface area contributed by atoms with Gasteiger partial charge in [0, 0.05) is 23.1 Å². The molecular weight excluding hydrogens is 252 g/mol. The molecule has 0 saturated carbocycles. The number of benzene rings is 1. The van der Waals surface area contributed by atoms with E-state index >= 15 is 0 Å². The summed E-state index contributed by atoms with van der Waals surface area (Å²) in [5.74, 6) is 5.17. The van der Waals surface area contributed by atoms with Crippen LogP contribution in [0.25, 0.3) is 0 Å². The molecule has 1 amide bonds. The van der Waals surface area contributed by atoms with Crippen molar-refractivity contribution in [2.24, 2.45) is 0 Å². The number of nitrogens with zero attached hydrogens (tertiary/aromatic N) is 1. The summed E-state index contributed by atoms with van der Waals surface area (Å²) in [6.45, 7) is 1.63. The van der Waals surface area contributed by atoms with Crippen LogP contribution in [0.5, 0.6) is 0 Å². The first kappa shape index (κ1) is 13.8. The fourth-order valence-electron chi connectivity index (χ4n) is 1.70. The van der Waals surface area contributed by atoms with Crippen molar-refractivity contribution in [3.63, 3.8) is 0 Å². The molecule has 2 rings (SSSR count). The number of carbonyl (C=O) groups excluding carboxylic acids is 1. The predicted octanol–water partition coefficient (Wildman–Crippen LogP) is 1.99. The second-order valence-electron chi connectivity index (χ2n) is 4.13. The molecule has 100 valence electrons. The van der Waals surface area contributed by atoms with E-state index in [0.29, 0.717) is 16.9 Å². The average Bonchev–Trinajstić information content (AvgIpc) is 2.47. The smallest absolute Gasteiger partial charge is 0.257 e. The molecule has 2 N–H and O–H groups in total. The second-order valence-corrected chi connectivity index (χ2v) is 4.13. The van der Waals surface area contributed by atoms with Crippen molar-refractivity contribution in [1.29, 1.82) is 0 Å². The highest BCUT2D eigenvalue weighted by Crippen LogP contribution is 2.12. The van der Waals surface area contributed by atoms with Crippen LogP contribution in [0.2, 0.25) is 0 Å². The third-order valence-corrected chi connectivity index (χ3v) is 2.71. The molecule has 0 radical (unpaired) electrons. The van der Waals surface area contributed by atoms with Crippen molar-refractivity contribution >= 4 is 11.6 Å². The van der Waals surface area contributed by atoms with Crippen LogP contribution in [0.15, 0.2) is 42.6 Å². The zero-order valence-corrected chi connectivity index (χ0v) is 11.1. The quantitative estimate of drug-likeness (QED) is 0.817. The summed E-state index contributed by atoms with van der Waals surface area (Å²) in [6.07, 6.45) is 1.65. The summed E-state index contributed by atoms with van der Waals surface area (Å²) in [4.78, 5) is 16.2. The van der Waals surface area contributed by atoms with Crippen LogP contribution in [-0.4, -0.2) is 22.6 Å². The zero-order valence-electron chi connectivity index (χ0n) is 11.1. The first-order valence-corrected chi connectivity index (χ1v) is 6.13. The van der Waals surface area contributed by atoms with Gasteiger partial charge in [0.25, 0.3) is 5.91 Å². The molecule has 0 spiro atoms. The number of aliphatic hydroxyl groups excluding tert-OH is 1. The average molecular weight is 266 g/mol. The van der Waals surface area contributed by atoms with Gasteiger partial charge < -0.3 is 10.4 Å². The molecule has 0 aliphatic rings. The van der Waals surface area contributed by atoms with Crippen molar-refractivity contribution in [3.8, 4) is 11.8 Å². The van der Waals surface area contributed by atoms with Crippen LogP contribution < -0.4 is 5.32 Å². The minimum Gasteiger partial charge on any atom is -0.384 e. The van der Waals surface area contributed by atoms with E-state index in [1.165, 1.54) is 0 Å². The molecule has 1 heterocycles. The van der Waals surface area contributed by atoms with E-state index in [9.17, 15) is 4.79 Å². The molecule has 4 nitrogen and oxygen atoms in total. The van der Waals surface area contributed by atoms with Crippen LogP contribution in [0.1, 0.15) is 21.6 Å². The zero-order chi connectivity index (χ0) is 14.4. The van der Waals surface area contributed by atoms with Crippen LogP contribution in [0.3, 0.4) is 0 Å². The lowest BCUT2D eigenvalue weighted by Crippen LogP contribution is -2.13. The molecule has 0 aliphatic heterocycles. The number of anilines is 1. The Morgan fingerprint density at radius 1 is 1.30 bits per heavy atom. The Balaban J connectivity index is 2.11. The van der Waals surface area contributed by atoms with E-state index < -0.39 is 0 Å². The Morgan fingerprint density at radius 2 is 2.05 bits per heavy atom. The van der Waals surface area contributed by atoms with Crippen molar-refractivity contribution in [2.45, 2.75) is 6.92 Å². The lowest BCUT2D eigenvalue weighted by atomic mass is 10.1. The highest BCUT2D eigenvalue weighted by Gasteiger charge is 2.08. The number of amides is 1. The Hall–Kier alpha value is -2.64. The molecule has 0 atom stereocenters. The topological polar surface area (TPSA) is 62.2 Å². The molecule has 0 saturated heterocycles. The fraction of sp³-hybridized carbons (Fsp3) is 0.125. The molecule has 0 aliphatic carbocycles. The highest BCUT2D eigenvalue weighted by molar-refractivity contribution is 6.04. The molecule has 0 unspecified atom stereocenters. The number of nitrogens with one attached hydrogen (secondary N) is 1. The molecule has 1 aromatic carbocycles. The molecule has 4 heteroatoms. The lowest BCUT2D eigenvalue weighted by molar-refractivity contribution is 0.102. The summed E-state index contributed by atoms with van der Waals surface area (Å²) < 4.78 is 0. The maximum absolute atomic E-state index is 12.1. The summed E-state index contributed by atoms with van der Waals surface area (Å²) >= 11 is 0. The van der Waals surface area contributed by atoms with E-state index in [2.05, 4.69) is 22.1 Å². The predicted molar refractivity (Wildman–Crippen MR) is 77.3 cm³/mol. The van der Waals surface area contributed by atoms with Crippen LogP contribution in [0, 0.1) is 18.8 Å². The van der Waals surface area contributed by atoms with Gasteiger partial charge in [-0.25, -0.2) is 0 Å². The number of pyridine rings is 1. The third kappa shape index (κ3) is 3.44.